The van der Waals surface area contributed by atoms with Gasteiger partial charge in [0.05, 0.1) is 5.92 Å². The van der Waals surface area contributed by atoms with E-state index in [0.717, 1.165) is 0 Å². The first-order chi connectivity index (χ1) is 6.24. The Kier molecular flexibility index (Phi) is 3.32. The van der Waals surface area contributed by atoms with Crippen molar-refractivity contribution in [1.82, 2.24) is 5.32 Å². The molecule has 1 amide bonds. The van der Waals surface area contributed by atoms with E-state index in [-0.39, 0.29) is 30.8 Å². The first-order valence-corrected chi connectivity index (χ1v) is 4.11. The summed E-state index contributed by atoms with van der Waals surface area (Å²) in [6.07, 6.45) is 5.77. The molecule has 1 aliphatic rings. The third kappa shape index (κ3) is 2.79. The molecular formula is C9H11NO3. The lowest BCUT2D eigenvalue weighted by Gasteiger charge is -2.19. The van der Waals surface area contributed by atoms with Gasteiger partial charge in [0.15, 0.2) is 6.61 Å². The van der Waals surface area contributed by atoms with E-state index >= 15 is 0 Å². The van der Waals surface area contributed by atoms with E-state index in [1.807, 2.05) is 0 Å². The number of terminal acetylenes is 1. The van der Waals surface area contributed by atoms with Crippen LogP contribution in [0.3, 0.4) is 0 Å². The minimum atomic E-state index is -0.368. The molecule has 1 fully saturated rings. The highest BCUT2D eigenvalue weighted by Gasteiger charge is 2.26. The topological polar surface area (TPSA) is 55.4 Å². The largest absolute Gasteiger partial charge is 0.452 e. The quantitative estimate of drug-likeness (QED) is 0.469. The molecule has 1 saturated heterocycles. The van der Waals surface area contributed by atoms with Crippen LogP contribution in [0.15, 0.2) is 0 Å². The van der Waals surface area contributed by atoms with Gasteiger partial charge in [-0.3, -0.25) is 9.59 Å². The van der Waals surface area contributed by atoms with Crippen molar-refractivity contribution in [1.29, 1.82) is 0 Å². The fraction of sp³-hybridized carbons (Fsp3) is 0.556. The molecule has 1 unspecified atom stereocenters. The van der Waals surface area contributed by atoms with E-state index in [9.17, 15) is 9.59 Å². The number of piperidine rings is 1. The highest BCUT2D eigenvalue weighted by Crippen LogP contribution is 2.13. The number of hydrogen-bond donors (Lipinski definition) is 1. The maximum Gasteiger partial charge on any atom is 0.310 e. The van der Waals surface area contributed by atoms with Crippen LogP contribution in [0.25, 0.3) is 0 Å². The van der Waals surface area contributed by atoms with Gasteiger partial charge in [-0.2, -0.15) is 0 Å². The van der Waals surface area contributed by atoms with Gasteiger partial charge in [-0.1, -0.05) is 5.92 Å². The molecule has 0 spiro atoms. The molecule has 13 heavy (non-hydrogen) atoms. The SMILES string of the molecule is C#CCOC(=O)C1CCNC(=O)C1. The number of carbonyl (C=O) groups is 2. The van der Waals surface area contributed by atoms with Crippen molar-refractivity contribution in [2.24, 2.45) is 5.92 Å². The van der Waals surface area contributed by atoms with E-state index in [1.54, 1.807) is 0 Å². The molecule has 1 rings (SSSR count). The van der Waals surface area contributed by atoms with Gasteiger partial charge < -0.3 is 10.1 Å². The molecule has 0 saturated carbocycles. The van der Waals surface area contributed by atoms with Gasteiger partial charge in [0, 0.05) is 13.0 Å². The number of hydrogen-bond acceptors (Lipinski definition) is 3. The molecule has 1 N–H and O–H groups in total. The van der Waals surface area contributed by atoms with Gasteiger partial charge in [-0.15, -0.1) is 6.42 Å². The molecule has 70 valence electrons. The lowest BCUT2D eigenvalue weighted by molar-refractivity contribution is -0.150. The predicted octanol–water partition coefficient (Wildman–Crippen LogP) is -0.311. The van der Waals surface area contributed by atoms with Crippen molar-refractivity contribution in [3.05, 3.63) is 0 Å². The van der Waals surface area contributed by atoms with Crippen molar-refractivity contribution in [3.8, 4) is 12.3 Å². The zero-order valence-electron chi connectivity index (χ0n) is 7.21. The number of amides is 1. The third-order valence-electron chi connectivity index (χ3n) is 1.88. The summed E-state index contributed by atoms with van der Waals surface area (Å²) in [5.41, 5.74) is 0. The van der Waals surface area contributed by atoms with E-state index < -0.39 is 0 Å². The number of esters is 1. The lowest BCUT2D eigenvalue weighted by atomic mass is 9.98. The minimum absolute atomic E-state index is 0.0169. The second-order valence-electron chi connectivity index (χ2n) is 2.85. The average Bonchev–Trinajstić information content (AvgIpc) is 2.14. The highest BCUT2D eigenvalue weighted by atomic mass is 16.5. The van der Waals surface area contributed by atoms with Crippen LogP contribution in [-0.2, 0) is 14.3 Å². The van der Waals surface area contributed by atoms with Gasteiger partial charge in [0.2, 0.25) is 5.91 Å². The summed E-state index contributed by atoms with van der Waals surface area (Å²) in [5.74, 6) is 1.42. The van der Waals surface area contributed by atoms with Crippen LogP contribution in [0.2, 0.25) is 0 Å². The third-order valence-corrected chi connectivity index (χ3v) is 1.88. The Balaban J connectivity index is 2.38. The summed E-state index contributed by atoms with van der Waals surface area (Å²) >= 11 is 0. The average molecular weight is 181 g/mol. The van der Waals surface area contributed by atoms with Gasteiger partial charge in [0.1, 0.15) is 0 Å². The second-order valence-corrected chi connectivity index (χ2v) is 2.85. The molecule has 0 aliphatic carbocycles. The Hall–Kier alpha value is -1.50. The Bertz CT molecular complexity index is 254. The zero-order valence-corrected chi connectivity index (χ0v) is 7.21. The minimum Gasteiger partial charge on any atom is -0.452 e. The summed E-state index contributed by atoms with van der Waals surface area (Å²) in [4.78, 5) is 22.1. The van der Waals surface area contributed by atoms with E-state index in [0.29, 0.717) is 13.0 Å². The van der Waals surface area contributed by atoms with E-state index in [4.69, 9.17) is 11.2 Å². The van der Waals surface area contributed by atoms with Crippen molar-refractivity contribution in [2.45, 2.75) is 12.8 Å². The Labute approximate surface area is 76.6 Å². The molecule has 1 atom stereocenters. The molecule has 0 aromatic heterocycles. The molecule has 0 aromatic rings. The summed E-state index contributed by atoms with van der Waals surface area (Å²) in [5, 5.41) is 2.64. The molecule has 1 heterocycles. The normalized spacial score (nSPS) is 21.5. The van der Waals surface area contributed by atoms with Gasteiger partial charge in [-0.05, 0) is 6.42 Å². The fourth-order valence-electron chi connectivity index (χ4n) is 1.22. The summed E-state index contributed by atoms with van der Waals surface area (Å²) in [6.45, 7) is 0.519. The van der Waals surface area contributed by atoms with Crippen LogP contribution in [0.5, 0.6) is 0 Å². The maximum atomic E-state index is 11.2. The molecule has 4 nitrogen and oxygen atoms in total. The van der Waals surface area contributed by atoms with Crippen molar-refractivity contribution < 1.29 is 14.3 Å². The maximum absolute atomic E-state index is 11.2. The Morgan fingerprint density at radius 3 is 3.15 bits per heavy atom. The fourth-order valence-corrected chi connectivity index (χ4v) is 1.22. The smallest absolute Gasteiger partial charge is 0.310 e. The first-order valence-electron chi connectivity index (χ1n) is 4.11. The Morgan fingerprint density at radius 2 is 2.54 bits per heavy atom. The molecule has 1 aliphatic heterocycles. The second kappa shape index (κ2) is 4.51. The van der Waals surface area contributed by atoms with Gasteiger partial charge >= 0.3 is 5.97 Å². The standard InChI is InChI=1S/C9H11NO3/c1-2-5-13-9(12)7-3-4-10-8(11)6-7/h1,7H,3-6H2,(H,10,11). The Morgan fingerprint density at radius 1 is 1.77 bits per heavy atom. The van der Waals surface area contributed by atoms with Crippen LogP contribution in [-0.4, -0.2) is 25.0 Å². The molecule has 0 radical (unpaired) electrons. The van der Waals surface area contributed by atoms with Crippen LogP contribution in [0.1, 0.15) is 12.8 Å². The van der Waals surface area contributed by atoms with E-state index in [1.165, 1.54) is 0 Å². The van der Waals surface area contributed by atoms with E-state index in [2.05, 4.69) is 11.2 Å². The lowest BCUT2D eigenvalue weighted by Crippen LogP contribution is -2.37. The highest BCUT2D eigenvalue weighted by molar-refractivity contribution is 5.84. The van der Waals surface area contributed by atoms with Crippen LogP contribution < -0.4 is 5.32 Å². The summed E-state index contributed by atoms with van der Waals surface area (Å²) in [7, 11) is 0. The molecule has 0 bridgehead atoms. The summed E-state index contributed by atoms with van der Waals surface area (Å²) < 4.78 is 4.72. The van der Waals surface area contributed by atoms with Crippen molar-refractivity contribution >= 4 is 11.9 Å². The van der Waals surface area contributed by atoms with Crippen molar-refractivity contribution in [3.63, 3.8) is 0 Å². The zero-order chi connectivity index (χ0) is 9.68. The molecule has 4 heteroatoms. The first kappa shape index (κ1) is 9.59. The molecule has 0 aromatic carbocycles. The number of ether oxygens (including phenoxy) is 1. The summed E-state index contributed by atoms with van der Waals surface area (Å²) in [6, 6.07) is 0. The number of rotatable bonds is 2. The van der Waals surface area contributed by atoms with Gasteiger partial charge in [0.25, 0.3) is 0 Å². The van der Waals surface area contributed by atoms with Crippen LogP contribution >= 0.6 is 0 Å². The monoisotopic (exact) mass is 181 g/mol. The number of nitrogens with one attached hydrogen (secondary N) is 1. The molecular weight excluding hydrogens is 170 g/mol. The predicted molar refractivity (Wildman–Crippen MR) is 45.5 cm³/mol. The van der Waals surface area contributed by atoms with Crippen molar-refractivity contribution in [2.75, 3.05) is 13.2 Å². The van der Waals surface area contributed by atoms with Crippen LogP contribution in [0.4, 0.5) is 0 Å². The van der Waals surface area contributed by atoms with Crippen LogP contribution in [0, 0.1) is 18.3 Å². The van der Waals surface area contributed by atoms with Gasteiger partial charge in [-0.25, -0.2) is 0 Å². The number of carbonyl (C=O) groups excluding carboxylic acids is 2.